The van der Waals surface area contributed by atoms with Crippen molar-refractivity contribution >= 4 is 17.3 Å². The standard InChI is InChI=1S/C18H22N4O3/c1-12-5-6-16(25-2)15(8-12)20-18(24)13-4-3-7-22(11-13)14-9-17(23)21-19-10-14/h5-6,8-10,13H,3-4,7,11H2,1-2H3,(H,20,24)(H,21,23)/t13-/m1/s1. The Hall–Kier alpha value is -2.83. The van der Waals surface area contributed by atoms with Gasteiger partial charge >= 0.3 is 0 Å². The SMILES string of the molecule is COc1ccc(C)cc1NC(=O)[C@@H]1CCCN(c2cn[nH]c(=O)c2)C1. The van der Waals surface area contributed by atoms with Gasteiger partial charge in [-0.1, -0.05) is 6.07 Å². The van der Waals surface area contributed by atoms with Crippen LogP contribution in [0.5, 0.6) is 5.75 Å². The molecule has 0 unspecified atom stereocenters. The van der Waals surface area contributed by atoms with Crippen molar-refractivity contribution in [1.29, 1.82) is 0 Å². The quantitative estimate of drug-likeness (QED) is 0.887. The molecule has 1 aliphatic rings. The summed E-state index contributed by atoms with van der Waals surface area (Å²) in [6.45, 7) is 3.34. The maximum Gasteiger partial charge on any atom is 0.266 e. The lowest BCUT2D eigenvalue weighted by Crippen LogP contribution is -2.41. The number of ether oxygens (including phenoxy) is 1. The van der Waals surface area contributed by atoms with Gasteiger partial charge in [0.15, 0.2) is 0 Å². The van der Waals surface area contributed by atoms with Crippen LogP contribution in [-0.4, -0.2) is 36.3 Å². The lowest BCUT2D eigenvalue weighted by Gasteiger charge is -2.33. The molecular formula is C18H22N4O3. The number of methoxy groups -OCH3 is 1. The minimum atomic E-state index is -0.242. The Kier molecular flexibility index (Phi) is 5.02. The van der Waals surface area contributed by atoms with Crippen LogP contribution < -0.4 is 20.5 Å². The summed E-state index contributed by atoms with van der Waals surface area (Å²) in [5, 5.41) is 9.18. The van der Waals surface area contributed by atoms with Crippen LogP contribution in [-0.2, 0) is 4.79 Å². The number of nitrogens with zero attached hydrogens (tertiary/aromatic N) is 2. The highest BCUT2D eigenvalue weighted by molar-refractivity contribution is 5.94. The highest BCUT2D eigenvalue weighted by atomic mass is 16.5. The lowest BCUT2D eigenvalue weighted by atomic mass is 9.96. The smallest absolute Gasteiger partial charge is 0.266 e. The normalized spacial score (nSPS) is 17.2. The number of anilines is 2. The van der Waals surface area contributed by atoms with Gasteiger partial charge in [-0.2, -0.15) is 5.10 Å². The van der Waals surface area contributed by atoms with Gasteiger partial charge in [-0.05, 0) is 37.5 Å². The van der Waals surface area contributed by atoms with Crippen molar-refractivity contribution in [2.24, 2.45) is 5.92 Å². The second-order valence-electron chi connectivity index (χ2n) is 6.28. The molecule has 0 spiro atoms. The van der Waals surface area contributed by atoms with Crippen LogP contribution in [0.2, 0.25) is 0 Å². The van der Waals surface area contributed by atoms with E-state index < -0.39 is 0 Å². The molecule has 0 bridgehead atoms. The van der Waals surface area contributed by atoms with E-state index in [4.69, 9.17) is 4.74 Å². The molecule has 0 aliphatic carbocycles. The van der Waals surface area contributed by atoms with Crippen LogP contribution in [0.4, 0.5) is 11.4 Å². The molecule has 1 aromatic heterocycles. The average molecular weight is 342 g/mol. The van der Waals surface area contributed by atoms with Gasteiger partial charge in [-0.25, -0.2) is 5.10 Å². The van der Waals surface area contributed by atoms with Crippen LogP contribution in [0.15, 0.2) is 35.3 Å². The third kappa shape index (κ3) is 3.99. The second-order valence-corrected chi connectivity index (χ2v) is 6.28. The number of aromatic amines is 1. The molecule has 1 aromatic carbocycles. The molecule has 2 N–H and O–H groups in total. The maximum atomic E-state index is 12.7. The van der Waals surface area contributed by atoms with Crippen LogP contribution in [0.1, 0.15) is 18.4 Å². The third-order valence-corrected chi connectivity index (χ3v) is 4.42. The number of rotatable bonds is 4. The predicted octanol–water partition coefficient (Wildman–Crippen LogP) is 1.94. The summed E-state index contributed by atoms with van der Waals surface area (Å²) in [5.41, 5.74) is 2.24. The number of aromatic nitrogens is 2. The number of aryl methyl sites for hydroxylation is 1. The first-order chi connectivity index (χ1) is 12.1. The van der Waals surface area contributed by atoms with Crippen LogP contribution >= 0.6 is 0 Å². The van der Waals surface area contributed by atoms with Crippen LogP contribution in [0, 0.1) is 12.8 Å². The van der Waals surface area contributed by atoms with Gasteiger partial charge in [-0.3, -0.25) is 9.59 Å². The van der Waals surface area contributed by atoms with E-state index in [1.54, 1.807) is 13.3 Å². The fourth-order valence-electron chi connectivity index (χ4n) is 3.12. The van der Waals surface area contributed by atoms with E-state index in [-0.39, 0.29) is 17.4 Å². The number of carbonyl (C=O) groups is 1. The first kappa shape index (κ1) is 17.0. The molecule has 3 rings (SSSR count). The molecule has 7 nitrogen and oxygen atoms in total. The number of benzene rings is 1. The molecule has 25 heavy (non-hydrogen) atoms. The Labute approximate surface area is 146 Å². The molecule has 132 valence electrons. The Morgan fingerprint density at radius 1 is 1.40 bits per heavy atom. The van der Waals surface area contributed by atoms with Gasteiger partial charge in [0.2, 0.25) is 5.91 Å². The molecule has 1 saturated heterocycles. The first-order valence-electron chi connectivity index (χ1n) is 8.32. The van der Waals surface area contributed by atoms with Crippen molar-refractivity contribution in [3.8, 4) is 5.75 Å². The number of amides is 1. The summed E-state index contributed by atoms with van der Waals surface area (Å²) in [6, 6.07) is 7.20. The van der Waals surface area contributed by atoms with Gasteiger partial charge in [0.1, 0.15) is 5.75 Å². The van der Waals surface area contributed by atoms with Crippen molar-refractivity contribution in [2.75, 3.05) is 30.4 Å². The average Bonchev–Trinajstić information content (AvgIpc) is 2.62. The summed E-state index contributed by atoms with van der Waals surface area (Å²) < 4.78 is 5.32. The molecule has 7 heteroatoms. The van der Waals surface area contributed by atoms with E-state index in [0.717, 1.165) is 30.6 Å². The highest BCUT2D eigenvalue weighted by Crippen LogP contribution is 2.27. The highest BCUT2D eigenvalue weighted by Gasteiger charge is 2.27. The molecule has 2 aromatic rings. The Bertz CT molecular complexity index is 818. The van der Waals surface area contributed by atoms with E-state index >= 15 is 0 Å². The maximum absolute atomic E-state index is 12.7. The molecule has 1 fully saturated rings. The van der Waals surface area contributed by atoms with Crippen molar-refractivity contribution in [1.82, 2.24) is 10.2 Å². The number of hydrogen-bond acceptors (Lipinski definition) is 5. The van der Waals surface area contributed by atoms with Crippen molar-refractivity contribution in [3.63, 3.8) is 0 Å². The zero-order valence-corrected chi connectivity index (χ0v) is 14.4. The topological polar surface area (TPSA) is 87.3 Å². The molecule has 0 radical (unpaired) electrons. The van der Waals surface area contributed by atoms with Crippen molar-refractivity contribution in [2.45, 2.75) is 19.8 Å². The number of H-pyrrole nitrogens is 1. The van der Waals surface area contributed by atoms with Gasteiger partial charge in [0.25, 0.3) is 5.56 Å². The molecule has 1 aliphatic heterocycles. The fraction of sp³-hybridized carbons (Fsp3) is 0.389. The van der Waals surface area contributed by atoms with Crippen molar-refractivity contribution in [3.05, 3.63) is 46.4 Å². The molecular weight excluding hydrogens is 320 g/mol. The number of hydrogen-bond donors (Lipinski definition) is 2. The Balaban J connectivity index is 1.72. The Morgan fingerprint density at radius 2 is 2.24 bits per heavy atom. The van der Waals surface area contributed by atoms with Gasteiger partial charge < -0.3 is 15.0 Å². The van der Waals surface area contributed by atoms with E-state index in [1.807, 2.05) is 30.0 Å². The van der Waals surface area contributed by atoms with E-state index in [9.17, 15) is 9.59 Å². The zero-order chi connectivity index (χ0) is 17.8. The fourth-order valence-corrected chi connectivity index (χ4v) is 3.12. The van der Waals surface area contributed by atoms with Crippen LogP contribution in [0.3, 0.4) is 0 Å². The minimum Gasteiger partial charge on any atom is -0.495 e. The predicted molar refractivity (Wildman–Crippen MR) is 96.2 cm³/mol. The second kappa shape index (κ2) is 7.38. The van der Waals surface area contributed by atoms with Crippen LogP contribution in [0.25, 0.3) is 0 Å². The summed E-state index contributed by atoms with van der Waals surface area (Å²) >= 11 is 0. The minimum absolute atomic E-state index is 0.0357. The first-order valence-corrected chi connectivity index (χ1v) is 8.32. The number of piperidine rings is 1. The number of carbonyl (C=O) groups excluding carboxylic acids is 1. The summed E-state index contributed by atoms with van der Waals surface area (Å²) in [4.78, 5) is 26.2. The summed E-state index contributed by atoms with van der Waals surface area (Å²) in [6.07, 6.45) is 3.31. The monoisotopic (exact) mass is 342 g/mol. The Morgan fingerprint density at radius 3 is 3.00 bits per heavy atom. The molecule has 1 amide bonds. The van der Waals surface area contributed by atoms with Gasteiger partial charge in [0.05, 0.1) is 30.6 Å². The van der Waals surface area contributed by atoms with E-state index in [0.29, 0.717) is 18.0 Å². The number of nitrogens with one attached hydrogen (secondary N) is 2. The zero-order valence-electron chi connectivity index (χ0n) is 14.4. The lowest BCUT2D eigenvalue weighted by molar-refractivity contribution is -0.120. The van der Waals surface area contributed by atoms with Gasteiger partial charge in [-0.15, -0.1) is 0 Å². The molecule has 2 heterocycles. The molecule has 0 saturated carbocycles. The largest absolute Gasteiger partial charge is 0.495 e. The molecule has 1 atom stereocenters. The van der Waals surface area contributed by atoms with Crippen molar-refractivity contribution < 1.29 is 9.53 Å². The van der Waals surface area contributed by atoms with E-state index in [1.165, 1.54) is 6.07 Å². The van der Waals surface area contributed by atoms with Gasteiger partial charge in [0, 0.05) is 19.2 Å². The van der Waals surface area contributed by atoms with E-state index in [2.05, 4.69) is 15.5 Å². The summed E-state index contributed by atoms with van der Waals surface area (Å²) in [7, 11) is 1.59. The summed E-state index contributed by atoms with van der Waals surface area (Å²) in [5.74, 6) is 0.454. The third-order valence-electron chi connectivity index (χ3n) is 4.42.